The Hall–Kier alpha value is -0.870. The highest BCUT2D eigenvalue weighted by Gasteiger charge is 1.99. The fourth-order valence-electron chi connectivity index (χ4n) is 1.14. The fourth-order valence-corrected chi connectivity index (χ4v) is 2.16. The van der Waals surface area contributed by atoms with E-state index < -0.39 is 0 Å². The van der Waals surface area contributed by atoms with E-state index in [9.17, 15) is 0 Å². The topological polar surface area (TPSA) is 25.8 Å². The van der Waals surface area contributed by atoms with Crippen molar-refractivity contribution < 1.29 is 0 Å². The van der Waals surface area contributed by atoms with Crippen LogP contribution in [0.2, 0.25) is 0 Å². The lowest BCUT2D eigenvalue weighted by Gasteiger charge is -2.00. The van der Waals surface area contributed by atoms with Crippen LogP contribution in [0.5, 0.6) is 0 Å². The summed E-state index contributed by atoms with van der Waals surface area (Å²) in [6, 6.07) is 8.29. The molecule has 0 fully saturated rings. The van der Waals surface area contributed by atoms with Crippen LogP contribution < -0.4 is 0 Å². The van der Waals surface area contributed by atoms with E-state index in [1.54, 1.807) is 24.2 Å². The van der Waals surface area contributed by atoms with E-state index in [1.807, 2.05) is 6.07 Å². The van der Waals surface area contributed by atoms with Gasteiger partial charge in [-0.25, -0.2) is 9.97 Å². The van der Waals surface area contributed by atoms with Gasteiger partial charge >= 0.3 is 0 Å². The van der Waals surface area contributed by atoms with E-state index in [0.29, 0.717) is 0 Å². The zero-order valence-electron chi connectivity index (χ0n) is 8.14. The van der Waals surface area contributed by atoms with Crippen LogP contribution in [0.25, 0.3) is 0 Å². The molecule has 0 aliphatic rings. The van der Waals surface area contributed by atoms with E-state index in [2.05, 4.69) is 51.0 Å². The average Bonchev–Trinajstić information content (AvgIpc) is 2.22. The van der Waals surface area contributed by atoms with E-state index in [1.165, 1.54) is 5.56 Å². The van der Waals surface area contributed by atoms with Crippen LogP contribution in [-0.2, 0) is 0 Å². The number of hydrogen-bond acceptors (Lipinski definition) is 3. The van der Waals surface area contributed by atoms with Crippen LogP contribution in [0.1, 0.15) is 5.56 Å². The molecular weight excluding hydrogens is 272 g/mol. The summed E-state index contributed by atoms with van der Waals surface area (Å²) in [5.74, 6) is 0. The highest BCUT2D eigenvalue weighted by atomic mass is 79.9. The van der Waals surface area contributed by atoms with Crippen LogP contribution in [0.15, 0.2) is 51.2 Å². The van der Waals surface area contributed by atoms with Gasteiger partial charge in [-0.2, -0.15) is 0 Å². The molecule has 2 rings (SSSR count). The van der Waals surface area contributed by atoms with Crippen LogP contribution in [0.3, 0.4) is 0 Å². The Morgan fingerprint density at radius 1 is 1.20 bits per heavy atom. The molecule has 0 saturated carbocycles. The average molecular weight is 281 g/mol. The molecule has 0 atom stereocenters. The van der Waals surface area contributed by atoms with Crippen molar-refractivity contribution in [3.05, 3.63) is 46.7 Å². The third-order valence-corrected chi connectivity index (χ3v) is 3.09. The number of hydrogen-bond donors (Lipinski definition) is 0. The molecule has 0 amide bonds. The molecule has 1 aromatic heterocycles. The zero-order valence-corrected chi connectivity index (χ0v) is 10.5. The SMILES string of the molecule is Cc1cccc(Sc2ncc(Br)cn2)c1. The second-order valence-electron chi connectivity index (χ2n) is 3.10. The number of nitrogens with zero attached hydrogens (tertiary/aromatic N) is 2. The molecule has 2 aromatic rings. The lowest BCUT2D eigenvalue weighted by atomic mass is 10.2. The van der Waals surface area contributed by atoms with Crippen LogP contribution >= 0.6 is 27.7 Å². The summed E-state index contributed by atoms with van der Waals surface area (Å²) in [5.41, 5.74) is 1.25. The number of halogens is 1. The van der Waals surface area contributed by atoms with Gasteiger partial charge in [-0.05, 0) is 46.7 Å². The van der Waals surface area contributed by atoms with E-state index in [-0.39, 0.29) is 0 Å². The Morgan fingerprint density at radius 2 is 1.93 bits per heavy atom. The van der Waals surface area contributed by atoms with Gasteiger partial charge in [0.2, 0.25) is 0 Å². The highest BCUT2D eigenvalue weighted by Crippen LogP contribution is 2.25. The molecule has 0 unspecified atom stereocenters. The maximum atomic E-state index is 4.21. The van der Waals surface area contributed by atoms with Gasteiger partial charge in [-0.15, -0.1) is 0 Å². The summed E-state index contributed by atoms with van der Waals surface area (Å²) in [5, 5.41) is 0.767. The molecule has 2 nitrogen and oxygen atoms in total. The second-order valence-corrected chi connectivity index (χ2v) is 5.06. The third kappa shape index (κ3) is 3.04. The van der Waals surface area contributed by atoms with Gasteiger partial charge in [-0.3, -0.25) is 0 Å². The molecule has 4 heteroatoms. The van der Waals surface area contributed by atoms with Crippen molar-refractivity contribution in [3.8, 4) is 0 Å². The maximum absolute atomic E-state index is 4.21. The largest absolute Gasteiger partial charge is 0.230 e. The molecule has 0 aliphatic carbocycles. The number of benzene rings is 1. The first-order valence-corrected chi connectivity index (χ1v) is 6.07. The Balaban J connectivity index is 2.18. The molecule has 1 aromatic carbocycles. The van der Waals surface area contributed by atoms with Crippen molar-refractivity contribution in [3.63, 3.8) is 0 Å². The third-order valence-electron chi connectivity index (χ3n) is 1.80. The van der Waals surface area contributed by atoms with Crippen molar-refractivity contribution in [1.29, 1.82) is 0 Å². The Labute approximate surface area is 101 Å². The Morgan fingerprint density at radius 3 is 2.60 bits per heavy atom. The van der Waals surface area contributed by atoms with Gasteiger partial charge < -0.3 is 0 Å². The summed E-state index contributed by atoms with van der Waals surface area (Å²) in [4.78, 5) is 9.58. The van der Waals surface area contributed by atoms with E-state index >= 15 is 0 Å². The molecule has 0 saturated heterocycles. The van der Waals surface area contributed by atoms with Crippen LogP contribution in [-0.4, -0.2) is 9.97 Å². The molecule has 76 valence electrons. The first-order chi connectivity index (χ1) is 7.24. The normalized spacial score (nSPS) is 10.3. The first-order valence-electron chi connectivity index (χ1n) is 4.46. The molecule has 0 radical (unpaired) electrons. The van der Waals surface area contributed by atoms with Crippen molar-refractivity contribution in [1.82, 2.24) is 9.97 Å². The smallest absolute Gasteiger partial charge is 0.192 e. The highest BCUT2D eigenvalue weighted by molar-refractivity contribution is 9.10. The van der Waals surface area contributed by atoms with Crippen molar-refractivity contribution in [2.45, 2.75) is 17.0 Å². The molecule has 0 N–H and O–H groups in total. The lowest BCUT2D eigenvalue weighted by molar-refractivity contribution is 0.958. The molecule has 0 aliphatic heterocycles. The van der Waals surface area contributed by atoms with Gasteiger partial charge in [-0.1, -0.05) is 17.7 Å². The number of aromatic nitrogens is 2. The van der Waals surface area contributed by atoms with Gasteiger partial charge in [0.25, 0.3) is 0 Å². The minimum Gasteiger partial charge on any atom is -0.230 e. The standard InChI is InChI=1S/C11H9BrN2S/c1-8-3-2-4-10(5-8)15-11-13-6-9(12)7-14-11/h2-7H,1H3. The van der Waals surface area contributed by atoms with E-state index in [0.717, 1.165) is 14.5 Å². The zero-order chi connectivity index (χ0) is 10.7. The molecule has 1 heterocycles. The summed E-state index contributed by atoms with van der Waals surface area (Å²) in [7, 11) is 0. The second kappa shape index (κ2) is 4.77. The minimum absolute atomic E-state index is 0.767. The molecule has 15 heavy (non-hydrogen) atoms. The molecule has 0 bridgehead atoms. The van der Waals surface area contributed by atoms with Crippen molar-refractivity contribution in [2.24, 2.45) is 0 Å². The first kappa shape index (κ1) is 10.6. The van der Waals surface area contributed by atoms with Gasteiger partial charge in [0.15, 0.2) is 5.16 Å². The maximum Gasteiger partial charge on any atom is 0.192 e. The Bertz CT molecular complexity index is 456. The predicted molar refractivity (Wildman–Crippen MR) is 65.0 cm³/mol. The van der Waals surface area contributed by atoms with Crippen LogP contribution in [0.4, 0.5) is 0 Å². The minimum atomic E-state index is 0.767. The summed E-state index contributed by atoms with van der Waals surface area (Å²) >= 11 is 4.88. The van der Waals surface area contributed by atoms with E-state index in [4.69, 9.17) is 0 Å². The number of rotatable bonds is 2. The van der Waals surface area contributed by atoms with Gasteiger partial charge in [0, 0.05) is 17.3 Å². The van der Waals surface area contributed by atoms with Gasteiger partial charge in [0.1, 0.15) is 0 Å². The molecule has 0 spiro atoms. The molecular formula is C11H9BrN2S. The quantitative estimate of drug-likeness (QED) is 0.785. The predicted octanol–water partition coefficient (Wildman–Crippen LogP) is 3.70. The fraction of sp³-hybridized carbons (Fsp3) is 0.0909. The lowest BCUT2D eigenvalue weighted by Crippen LogP contribution is -1.84. The Kier molecular flexibility index (Phi) is 3.38. The van der Waals surface area contributed by atoms with Crippen molar-refractivity contribution in [2.75, 3.05) is 0 Å². The van der Waals surface area contributed by atoms with Crippen LogP contribution in [0, 0.1) is 6.92 Å². The summed E-state index contributed by atoms with van der Waals surface area (Å²) < 4.78 is 0.899. The summed E-state index contributed by atoms with van der Waals surface area (Å²) in [6.45, 7) is 2.08. The number of aryl methyl sites for hydroxylation is 1. The van der Waals surface area contributed by atoms with Crippen molar-refractivity contribution >= 4 is 27.7 Å². The van der Waals surface area contributed by atoms with Gasteiger partial charge in [0.05, 0.1) is 4.47 Å². The summed E-state index contributed by atoms with van der Waals surface area (Å²) in [6.07, 6.45) is 3.51. The monoisotopic (exact) mass is 280 g/mol.